The summed E-state index contributed by atoms with van der Waals surface area (Å²) in [5.41, 5.74) is 3.14. The number of hydrogen-bond donors (Lipinski definition) is 1. The molecule has 1 heterocycles. The molecule has 0 spiro atoms. The van der Waals surface area contributed by atoms with Gasteiger partial charge in [-0.15, -0.1) is 0 Å². The lowest BCUT2D eigenvalue weighted by Gasteiger charge is -2.36. The summed E-state index contributed by atoms with van der Waals surface area (Å²) in [5.74, 6) is 1.84. The number of aryl methyl sites for hydroxylation is 1. The van der Waals surface area contributed by atoms with E-state index < -0.39 is 0 Å². The van der Waals surface area contributed by atoms with Crippen LogP contribution >= 0.6 is 11.8 Å². The average molecular weight is 361 g/mol. The molecule has 0 bridgehead atoms. The Hall–Kier alpha value is -1.49. The third-order valence-electron chi connectivity index (χ3n) is 5.19. The van der Waals surface area contributed by atoms with Crippen molar-refractivity contribution < 1.29 is 9.53 Å². The molecular formula is C20H28N2O2S. The van der Waals surface area contributed by atoms with Gasteiger partial charge in [-0.05, 0) is 55.2 Å². The second-order valence-corrected chi connectivity index (χ2v) is 8.67. The minimum atomic E-state index is -0.133. The van der Waals surface area contributed by atoms with Crippen LogP contribution in [0.15, 0.2) is 23.4 Å². The number of carbonyl (C=O) groups is 1. The summed E-state index contributed by atoms with van der Waals surface area (Å²) < 4.78 is 5.85. The van der Waals surface area contributed by atoms with Crippen LogP contribution in [0.2, 0.25) is 0 Å². The molecule has 4 nitrogen and oxygen atoms in total. The smallest absolute Gasteiger partial charge is 0.316 e. The maximum Gasteiger partial charge on any atom is 0.316 e. The summed E-state index contributed by atoms with van der Waals surface area (Å²) in [6, 6.07) is 6.11. The van der Waals surface area contributed by atoms with Gasteiger partial charge in [-0.25, -0.2) is 4.98 Å². The molecule has 25 heavy (non-hydrogen) atoms. The van der Waals surface area contributed by atoms with Gasteiger partial charge in [0.1, 0.15) is 6.10 Å². The Morgan fingerprint density at radius 1 is 1.40 bits per heavy atom. The summed E-state index contributed by atoms with van der Waals surface area (Å²) in [6.45, 7) is 8.77. The third-order valence-corrected chi connectivity index (χ3v) is 6.03. The van der Waals surface area contributed by atoms with Gasteiger partial charge in [-0.1, -0.05) is 45.0 Å². The van der Waals surface area contributed by atoms with E-state index in [1.807, 2.05) is 12.1 Å². The lowest BCUT2D eigenvalue weighted by atomic mass is 9.75. The number of imidazole rings is 1. The first-order chi connectivity index (χ1) is 11.9. The minimum absolute atomic E-state index is 0.0650. The van der Waals surface area contributed by atoms with Crippen molar-refractivity contribution in [2.45, 2.75) is 58.2 Å². The number of ether oxygens (including phenoxy) is 1. The zero-order chi connectivity index (χ0) is 18.0. The number of aromatic nitrogens is 2. The first kappa shape index (κ1) is 18.3. The number of esters is 1. The monoisotopic (exact) mass is 360 g/mol. The first-order valence-corrected chi connectivity index (χ1v) is 10.2. The van der Waals surface area contributed by atoms with Crippen molar-refractivity contribution in [1.29, 1.82) is 0 Å². The van der Waals surface area contributed by atoms with Crippen LogP contribution in [0.5, 0.6) is 0 Å². The van der Waals surface area contributed by atoms with Gasteiger partial charge in [0.2, 0.25) is 0 Å². The molecule has 1 aliphatic rings. The zero-order valence-corrected chi connectivity index (χ0v) is 16.4. The van der Waals surface area contributed by atoms with E-state index in [9.17, 15) is 4.79 Å². The number of carbonyl (C=O) groups excluding carboxylic acids is 1. The van der Waals surface area contributed by atoms with Crippen molar-refractivity contribution in [2.24, 2.45) is 17.8 Å². The molecule has 1 saturated carbocycles. The van der Waals surface area contributed by atoms with Crippen LogP contribution < -0.4 is 0 Å². The Kier molecular flexibility index (Phi) is 5.72. The Labute approximate surface area is 154 Å². The number of nitrogens with one attached hydrogen (secondary N) is 1. The number of fused-ring (bicyclic) bond motifs is 1. The molecule has 3 unspecified atom stereocenters. The highest BCUT2D eigenvalue weighted by Crippen LogP contribution is 2.35. The van der Waals surface area contributed by atoms with Crippen molar-refractivity contribution in [3.05, 3.63) is 23.8 Å². The van der Waals surface area contributed by atoms with Crippen LogP contribution in [0.4, 0.5) is 0 Å². The molecule has 0 radical (unpaired) electrons. The summed E-state index contributed by atoms with van der Waals surface area (Å²) in [6.07, 6.45) is 3.45. The topological polar surface area (TPSA) is 55.0 Å². The molecule has 5 heteroatoms. The SMILES string of the molecule is Cc1ccc2nc(SCC(=O)OC3CC(C)CCC3C(C)C)[nH]c2c1. The van der Waals surface area contributed by atoms with Gasteiger partial charge in [-0.3, -0.25) is 4.79 Å². The maximum absolute atomic E-state index is 12.3. The fourth-order valence-electron chi connectivity index (χ4n) is 3.75. The number of H-pyrrole nitrogens is 1. The molecule has 0 saturated heterocycles. The largest absolute Gasteiger partial charge is 0.461 e. The molecule has 0 aliphatic heterocycles. The first-order valence-electron chi connectivity index (χ1n) is 9.21. The average Bonchev–Trinajstić information content (AvgIpc) is 2.94. The summed E-state index contributed by atoms with van der Waals surface area (Å²) in [4.78, 5) is 20.1. The highest BCUT2D eigenvalue weighted by atomic mass is 32.2. The Bertz CT molecular complexity index is 740. The van der Waals surface area contributed by atoms with E-state index in [0.717, 1.165) is 29.0 Å². The Morgan fingerprint density at radius 2 is 2.20 bits per heavy atom. The molecule has 1 aromatic heterocycles. The van der Waals surface area contributed by atoms with Crippen molar-refractivity contribution in [1.82, 2.24) is 9.97 Å². The standard InChI is InChI=1S/C20H28N2O2S/c1-12(2)15-7-5-14(4)10-18(15)24-19(23)11-25-20-21-16-8-6-13(3)9-17(16)22-20/h6,8-9,12,14-15,18H,5,7,10-11H2,1-4H3,(H,21,22). The normalized spacial score (nSPS) is 24.0. The minimum Gasteiger partial charge on any atom is -0.461 e. The van der Waals surface area contributed by atoms with E-state index >= 15 is 0 Å². The number of hydrogen-bond acceptors (Lipinski definition) is 4. The molecular weight excluding hydrogens is 332 g/mol. The van der Waals surface area contributed by atoms with Gasteiger partial charge in [0.15, 0.2) is 5.16 Å². The van der Waals surface area contributed by atoms with Gasteiger partial charge >= 0.3 is 5.97 Å². The molecule has 3 rings (SSSR count). The van der Waals surface area contributed by atoms with Gasteiger partial charge < -0.3 is 9.72 Å². The summed E-state index contributed by atoms with van der Waals surface area (Å²) >= 11 is 1.42. The number of thioether (sulfide) groups is 1. The highest BCUT2D eigenvalue weighted by molar-refractivity contribution is 7.99. The fraction of sp³-hybridized carbons (Fsp3) is 0.600. The van der Waals surface area contributed by atoms with Crippen LogP contribution in [0.25, 0.3) is 11.0 Å². The van der Waals surface area contributed by atoms with E-state index in [1.54, 1.807) is 0 Å². The second-order valence-electron chi connectivity index (χ2n) is 7.71. The van der Waals surface area contributed by atoms with Gasteiger partial charge in [0.25, 0.3) is 0 Å². The van der Waals surface area contributed by atoms with Crippen molar-refractivity contribution in [2.75, 3.05) is 5.75 Å². The van der Waals surface area contributed by atoms with E-state index in [4.69, 9.17) is 4.74 Å². The van der Waals surface area contributed by atoms with Crippen LogP contribution in [-0.4, -0.2) is 27.8 Å². The molecule has 2 aromatic rings. The maximum atomic E-state index is 12.3. The van der Waals surface area contributed by atoms with Crippen LogP contribution in [0.1, 0.15) is 45.6 Å². The molecule has 0 amide bonds. The van der Waals surface area contributed by atoms with E-state index in [2.05, 4.69) is 43.7 Å². The van der Waals surface area contributed by atoms with Gasteiger partial charge in [0, 0.05) is 0 Å². The molecule has 3 atom stereocenters. The van der Waals surface area contributed by atoms with E-state index in [-0.39, 0.29) is 12.1 Å². The predicted octanol–water partition coefficient (Wildman–Crippen LogP) is 4.97. The van der Waals surface area contributed by atoms with Crippen molar-refractivity contribution in [3.63, 3.8) is 0 Å². The second kappa shape index (κ2) is 7.81. The molecule has 1 aliphatic carbocycles. The van der Waals surface area contributed by atoms with E-state index in [1.165, 1.54) is 23.7 Å². The summed E-state index contributed by atoms with van der Waals surface area (Å²) in [5, 5.41) is 0.773. The quantitative estimate of drug-likeness (QED) is 0.604. The summed E-state index contributed by atoms with van der Waals surface area (Å²) in [7, 11) is 0. The molecule has 1 aromatic carbocycles. The Morgan fingerprint density at radius 3 is 2.96 bits per heavy atom. The van der Waals surface area contributed by atoms with Gasteiger partial charge in [-0.2, -0.15) is 0 Å². The lowest BCUT2D eigenvalue weighted by molar-refractivity contribution is -0.152. The van der Waals surface area contributed by atoms with Crippen molar-refractivity contribution in [3.8, 4) is 0 Å². The van der Waals surface area contributed by atoms with Crippen LogP contribution in [-0.2, 0) is 9.53 Å². The van der Waals surface area contributed by atoms with E-state index in [0.29, 0.717) is 23.5 Å². The predicted molar refractivity (Wildman–Crippen MR) is 103 cm³/mol. The lowest BCUT2D eigenvalue weighted by Crippen LogP contribution is -2.36. The van der Waals surface area contributed by atoms with Crippen LogP contribution in [0, 0.1) is 24.7 Å². The number of nitrogens with zero attached hydrogens (tertiary/aromatic N) is 1. The Balaban J connectivity index is 1.57. The molecule has 1 N–H and O–H groups in total. The highest BCUT2D eigenvalue weighted by Gasteiger charge is 2.33. The van der Waals surface area contributed by atoms with Gasteiger partial charge in [0.05, 0.1) is 16.8 Å². The number of benzene rings is 1. The molecule has 136 valence electrons. The fourth-order valence-corrected chi connectivity index (χ4v) is 4.42. The third kappa shape index (κ3) is 4.57. The number of rotatable bonds is 5. The number of aromatic amines is 1. The zero-order valence-electron chi connectivity index (χ0n) is 15.5. The van der Waals surface area contributed by atoms with Crippen molar-refractivity contribution >= 4 is 28.8 Å². The van der Waals surface area contributed by atoms with Crippen LogP contribution in [0.3, 0.4) is 0 Å². The molecule has 1 fully saturated rings.